The van der Waals surface area contributed by atoms with Crippen molar-refractivity contribution >= 4 is 11.6 Å². The topological polar surface area (TPSA) is 32.7 Å². The van der Waals surface area contributed by atoms with Gasteiger partial charge in [-0.15, -0.1) is 0 Å². The largest absolute Gasteiger partial charge is 0.344 e. The van der Waals surface area contributed by atoms with Crippen molar-refractivity contribution in [2.24, 2.45) is 4.99 Å². The molecule has 2 aliphatic heterocycles. The minimum absolute atomic E-state index is 0.0256. The van der Waals surface area contributed by atoms with Gasteiger partial charge < -0.3 is 4.90 Å². The number of aliphatic imine (C=N–C) groups is 1. The Morgan fingerprint density at radius 1 is 1.04 bits per heavy atom. The van der Waals surface area contributed by atoms with Gasteiger partial charge in [-0.05, 0) is 54.7 Å². The molecule has 1 amide bonds. The third kappa shape index (κ3) is 2.64. The second-order valence-corrected chi connectivity index (χ2v) is 6.77. The molecule has 4 rings (SSSR count). The van der Waals surface area contributed by atoms with Crippen molar-refractivity contribution in [3.63, 3.8) is 0 Å². The average molecular weight is 340 g/mol. The summed E-state index contributed by atoms with van der Waals surface area (Å²) in [6.45, 7) is 0.688. The Balaban J connectivity index is 1.72. The number of likely N-dealkylation sites (N-methyl/N-ethyl adjacent to an activating group) is 1. The molecule has 0 bridgehead atoms. The molecular formula is C20H18F2N2O. The zero-order valence-corrected chi connectivity index (χ0v) is 13.9. The number of amides is 1. The molecule has 5 heteroatoms. The second-order valence-electron chi connectivity index (χ2n) is 6.77. The van der Waals surface area contributed by atoms with Crippen molar-refractivity contribution < 1.29 is 13.6 Å². The zero-order valence-electron chi connectivity index (χ0n) is 13.9. The Morgan fingerprint density at radius 3 is 2.44 bits per heavy atom. The van der Waals surface area contributed by atoms with Gasteiger partial charge in [-0.2, -0.15) is 0 Å². The first-order chi connectivity index (χ1) is 12.0. The van der Waals surface area contributed by atoms with Crippen molar-refractivity contribution in [3.8, 4) is 11.1 Å². The summed E-state index contributed by atoms with van der Waals surface area (Å²) < 4.78 is 27.5. The first-order valence-corrected chi connectivity index (χ1v) is 8.39. The van der Waals surface area contributed by atoms with Crippen molar-refractivity contribution in [1.82, 2.24) is 4.90 Å². The fourth-order valence-electron chi connectivity index (χ4n) is 3.71. The number of likely N-dealkylation sites (tertiary alicyclic amines) is 1. The average Bonchev–Trinajstić information content (AvgIpc) is 3.16. The van der Waals surface area contributed by atoms with Crippen LogP contribution in [0.5, 0.6) is 0 Å². The van der Waals surface area contributed by atoms with Crippen LogP contribution in [-0.2, 0) is 4.79 Å². The van der Waals surface area contributed by atoms with Crippen LogP contribution in [0, 0.1) is 11.6 Å². The second kappa shape index (κ2) is 5.76. The van der Waals surface area contributed by atoms with E-state index in [4.69, 9.17) is 0 Å². The zero-order chi connectivity index (χ0) is 17.6. The molecule has 1 fully saturated rings. The lowest BCUT2D eigenvalue weighted by Gasteiger charge is -2.17. The van der Waals surface area contributed by atoms with E-state index < -0.39 is 5.54 Å². The van der Waals surface area contributed by atoms with Crippen LogP contribution in [0.25, 0.3) is 11.1 Å². The van der Waals surface area contributed by atoms with Gasteiger partial charge >= 0.3 is 0 Å². The minimum atomic E-state index is -0.706. The Labute approximate surface area is 145 Å². The molecule has 0 radical (unpaired) electrons. The normalized spacial score (nSPS) is 22.8. The summed E-state index contributed by atoms with van der Waals surface area (Å²) in [6, 6.07) is 10.9. The fourth-order valence-corrected chi connectivity index (χ4v) is 3.71. The number of benzene rings is 2. The van der Waals surface area contributed by atoms with E-state index in [0.29, 0.717) is 37.1 Å². The molecule has 0 N–H and O–H groups in total. The summed E-state index contributed by atoms with van der Waals surface area (Å²) in [5.74, 6) is -0.630. The molecule has 2 heterocycles. The highest BCUT2D eigenvalue weighted by molar-refractivity contribution is 6.06. The van der Waals surface area contributed by atoms with Gasteiger partial charge in [0.05, 0.1) is 0 Å². The molecule has 2 aromatic rings. The van der Waals surface area contributed by atoms with E-state index in [9.17, 15) is 13.6 Å². The van der Waals surface area contributed by atoms with Crippen LogP contribution in [0.4, 0.5) is 8.78 Å². The Hall–Kier alpha value is -2.56. The number of rotatable bonds is 2. The first-order valence-electron chi connectivity index (χ1n) is 8.39. The summed E-state index contributed by atoms with van der Waals surface area (Å²) in [5.41, 5.74) is 1.98. The molecule has 0 unspecified atom stereocenters. The monoisotopic (exact) mass is 340 g/mol. The summed E-state index contributed by atoms with van der Waals surface area (Å²) in [4.78, 5) is 18.7. The fraction of sp³-hybridized carbons (Fsp3) is 0.300. The smallest absolute Gasteiger partial charge is 0.250 e. The van der Waals surface area contributed by atoms with Gasteiger partial charge in [-0.1, -0.05) is 18.2 Å². The summed E-state index contributed by atoms with van der Waals surface area (Å²) in [5, 5.41) is 0. The maximum atomic E-state index is 14.4. The molecule has 2 aromatic carbocycles. The third-order valence-corrected chi connectivity index (χ3v) is 5.18. The molecule has 0 aromatic heterocycles. The van der Waals surface area contributed by atoms with Gasteiger partial charge in [0.2, 0.25) is 5.91 Å². The molecule has 0 saturated carbocycles. The predicted octanol–water partition coefficient (Wildman–Crippen LogP) is 3.82. The summed E-state index contributed by atoms with van der Waals surface area (Å²) in [6.07, 6.45) is 1.90. The Morgan fingerprint density at radius 2 is 1.76 bits per heavy atom. The predicted molar refractivity (Wildman–Crippen MR) is 92.6 cm³/mol. The third-order valence-electron chi connectivity index (χ3n) is 5.18. The van der Waals surface area contributed by atoms with Crippen LogP contribution in [0.3, 0.4) is 0 Å². The molecule has 25 heavy (non-hydrogen) atoms. The van der Waals surface area contributed by atoms with E-state index in [1.807, 2.05) is 0 Å². The van der Waals surface area contributed by atoms with E-state index in [1.165, 1.54) is 18.2 Å². The maximum absolute atomic E-state index is 14.4. The van der Waals surface area contributed by atoms with Crippen LogP contribution in [0.2, 0.25) is 0 Å². The van der Waals surface area contributed by atoms with E-state index in [-0.39, 0.29) is 17.5 Å². The van der Waals surface area contributed by atoms with E-state index in [0.717, 1.165) is 11.1 Å². The lowest BCUT2D eigenvalue weighted by Crippen LogP contribution is -2.35. The quantitative estimate of drug-likeness (QED) is 0.818. The molecule has 1 atom stereocenters. The van der Waals surface area contributed by atoms with Gasteiger partial charge in [0.15, 0.2) is 0 Å². The molecule has 1 saturated heterocycles. The number of carbonyl (C=O) groups excluding carboxylic acids is 1. The number of halogens is 2. The van der Waals surface area contributed by atoms with Crippen molar-refractivity contribution in [3.05, 3.63) is 59.7 Å². The van der Waals surface area contributed by atoms with E-state index in [1.54, 1.807) is 36.2 Å². The van der Waals surface area contributed by atoms with Crippen molar-refractivity contribution in [2.75, 3.05) is 13.6 Å². The Bertz CT molecular complexity index is 876. The van der Waals surface area contributed by atoms with E-state index in [2.05, 4.69) is 4.99 Å². The number of hydrogen-bond donors (Lipinski definition) is 0. The lowest BCUT2D eigenvalue weighted by atomic mass is 9.94. The molecule has 128 valence electrons. The van der Waals surface area contributed by atoms with Crippen molar-refractivity contribution in [2.45, 2.75) is 24.8 Å². The number of nitrogens with zero attached hydrogens (tertiary/aromatic N) is 2. The van der Waals surface area contributed by atoms with Crippen molar-refractivity contribution in [1.29, 1.82) is 0 Å². The molecule has 1 spiro atoms. The SMILES string of the molecule is CN1CC[C@]2(CCC(c3cc(-c4ccc(F)cc4)ccc3F)=N2)C1=O. The lowest BCUT2D eigenvalue weighted by molar-refractivity contribution is -0.130. The molecule has 2 aliphatic rings. The van der Waals surface area contributed by atoms with Crippen LogP contribution >= 0.6 is 0 Å². The van der Waals surface area contributed by atoms with E-state index >= 15 is 0 Å². The maximum Gasteiger partial charge on any atom is 0.250 e. The van der Waals surface area contributed by atoms with Crippen LogP contribution < -0.4 is 0 Å². The van der Waals surface area contributed by atoms with Gasteiger partial charge in [0.1, 0.15) is 17.2 Å². The molecule has 0 aliphatic carbocycles. The van der Waals surface area contributed by atoms with Crippen LogP contribution in [0.1, 0.15) is 24.8 Å². The van der Waals surface area contributed by atoms with Crippen LogP contribution in [-0.4, -0.2) is 35.7 Å². The highest BCUT2D eigenvalue weighted by Gasteiger charge is 2.48. The van der Waals surface area contributed by atoms with Gasteiger partial charge in [0, 0.05) is 24.9 Å². The number of hydrogen-bond acceptors (Lipinski definition) is 2. The highest BCUT2D eigenvalue weighted by atomic mass is 19.1. The van der Waals surface area contributed by atoms with Gasteiger partial charge in [0.25, 0.3) is 0 Å². The minimum Gasteiger partial charge on any atom is -0.344 e. The summed E-state index contributed by atoms with van der Waals surface area (Å²) >= 11 is 0. The summed E-state index contributed by atoms with van der Waals surface area (Å²) in [7, 11) is 1.78. The van der Waals surface area contributed by atoms with Gasteiger partial charge in [-0.25, -0.2) is 8.78 Å². The molecule has 3 nitrogen and oxygen atoms in total. The number of carbonyl (C=O) groups is 1. The molecular weight excluding hydrogens is 322 g/mol. The first kappa shape index (κ1) is 15.9. The standard InChI is InChI=1S/C20H18F2N2O/c1-24-11-10-20(19(24)25)9-8-18(23-20)16-12-14(4-7-17(16)22)13-2-5-15(21)6-3-13/h2-7,12H,8-11H2,1H3/t20-/m1/s1. The van der Waals surface area contributed by atoms with Crippen LogP contribution in [0.15, 0.2) is 47.5 Å². The highest BCUT2D eigenvalue weighted by Crippen LogP contribution is 2.38. The Kier molecular flexibility index (Phi) is 3.67. The van der Waals surface area contributed by atoms with Gasteiger partial charge in [-0.3, -0.25) is 9.79 Å².